The largest absolute Gasteiger partial charge is 0.486 e. The smallest absolute Gasteiger partial charge is 0.444 e. The van der Waals surface area contributed by atoms with Gasteiger partial charge in [0.2, 0.25) is 0 Å². The molecule has 1 N–H and O–H groups in total. The van der Waals surface area contributed by atoms with Crippen LogP contribution in [0, 0.1) is 0 Å². The van der Waals surface area contributed by atoms with Gasteiger partial charge in [0.25, 0.3) is 0 Å². The summed E-state index contributed by atoms with van der Waals surface area (Å²) in [5.41, 5.74) is -1.07. The molecule has 0 aromatic rings. The van der Waals surface area contributed by atoms with Crippen molar-refractivity contribution in [2.24, 2.45) is 0 Å². The van der Waals surface area contributed by atoms with E-state index in [1.54, 1.807) is 0 Å². The number of hydrogen-bond acceptors (Lipinski definition) is 4. The van der Waals surface area contributed by atoms with Crippen LogP contribution in [0.25, 0.3) is 0 Å². The first-order chi connectivity index (χ1) is 9.93. The second-order valence-electron chi connectivity index (χ2n) is 7.62. The molecule has 1 saturated heterocycles. The van der Waals surface area contributed by atoms with Gasteiger partial charge in [-0.1, -0.05) is 12.1 Å². The van der Waals surface area contributed by atoms with E-state index in [2.05, 4.69) is 5.32 Å². The maximum absolute atomic E-state index is 11.5. The van der Waals surface area contributed by atoms with Crippen LogP contribution >= 0.6 is 0 Å². The highest BCUT2D eigenvalue weighted by molar-refractivity contribution is 6.51. The van der Waals surface area contributed by atoms with E-state index in [0.717, 1.165) is 12.8 Å². The fourth-order valence-electron chi connectivity index (χ4n) is 1.90. The first kappa shape index (κ1) is 19.0. The molecule has 1 heterocycles. The molecule has 22 heavy (non-hydrogen) atoms. The van der Waals surface area contributed by atoms with Gasteiger partial charge in [0, 0.05) is 6.54 Å². The molecule has 0 unspecified atom stereocenters. The first-order valence-corrected chi connectivity index (χ1v) is 7.92. The van der Waals surface area contributed by atoms with Gasteiger partial charge in [-0.3, -0.25) is 0 Å². The number of carbonyl (C=O) groups excluding carboxylic acids is 1. The molecule has 1 amide bonds. The Morgan fingerprint density at radius 3 is 2.23 bits per heavy atom. The molecule has 0 aromatic carbocycles. The Morgan fingerprint density at radius 2 is 1.73 bits per heavy atom. The number of hydrogen-bond donors (Lipinski definition) is 1. The van der Waals surface area contributed by atoms with Gasteiger partial charge in [-0.05, 0) is 61.3 Å². The molecular formula is C16H30BNO4. The number of amides is 1. The Labute approximate surface area is 134 Å². The zero-order valence-corrected chi connectivity index (χ0v) is 15.0. The average molecular weight is 311 g/mol. The predicted octanol–water partition coefficient (Wildman–Crippen LogP) is 3.48. The monoisotopic (exact) mass is 311 g/mol. The van der Waals surface area contributed by atoms with E-state index >= 15 is 0 Å². The Kier molecular flexibility index (Phi) is 6.10. The molecule has 1 aliphatic rings. The van der Waals surface area contributed by atoms with Gasteiger partial charge >= 0.3 is 13.2 Å². The molecule has 0 aliphatic carbocycles. The lowest BCUT2D eigenvalue weighted by molar-refractivity contribution is 0.00578. The summed E-state index contributed by atoms with van der Waals surface area (Å²) in [7, 11) is -0.302. The summed E-state index contributed by atoms with van der Waals surface area (Å²) < 4.78 is 16.9. The number of alkyl carbamates (subject to hydrolysis) is 1. The summed E-state index contributed by atoms with van der Waals surface area (Å²) in [6.45, 7) is 14.3. The number of ether oxygens (including phenoxy) is 1. The highest BCUT2D eigenvalue weighted by atomic mass is 16.7. The van der Waals surface area contributed by atoms with Gasteiger partial charge in [0.05, 0.1) is 11.2 Å². The number of nitrogens with one attached hydrogen (secondary N) is 1. The van der Waals surface area contributed by atoms with Crippen LogP contribution in [-0.2, 0) is 14.0 Å². The molecule has 6 heteroatoms. The maximum Gasteiger partial charge on any atom is 0.486 e. The van der Waals surface area contributed by atoms with Crippen LogP contribution in [0.1, 0.15) is 61.3 Å². The molecule has 0 atom stereocenters. The van der Waals surface area contributed by atoms with Crippen molar-refractivity contribution in [3.8, 4) is 0 Å². The summed E-state index contributed by atoms with van der Waals surface area (Å²) >= 11 is 0. The Morgan fingerprint density at radius 1 is 1.18 bits per heavy atom. The molecule has 0 bridgehead atoms. The van der Waals surface area contributed by atoms with Crippen molar-refractivity contribution >= 4 is 13.2 Å². The minimum absolute atomic E-state index is 0.302. The second kappa shape index (κ2) is 7.05. The molecule has 0 spiro atoms. The summed E-state index contributed by atoms with van der Waals surface area (Å²) in [6, 6.07) is 0. The van der Waals surface area contributed by atoms with E-state index in [1.807, 2.05) is 60.5 Å². The van der Waals surface area contributed by atoms with Crippen molar-refractivity contribution in [1.82, 2.24) is 5.32 Å². The zero-order chi connectivity index (χ0) is 17.0. The highest BCUT2D eigenvalue weighted by Gasteiger charge is 2.49. The molecule has 126 valence electrons. The molecule has 0 radical (unpaired) electrons. The Hall–Kier alpha value is -1.01. The minimum atomic E-state index is -0.458. The van der Waals surface area contributed by atoms with Crippen molar-refractivity contribution in [1.29, 1.82) is 0 Å². The number of unbranched alkanes of at least 4 members (excludes halogenated alkanes) is 1. The van der Waals surface area contributed by atoms with Crippen LogP contribution in [0.2, 0.25) is 0 Å². The number of rotatable bonds is 5. The Balaban J connectivity index is 2.20. The maximum atomic E-state index is 11.5. The average Bonchev–Trinajstić information content (AvgIpc) is 2.49. The van der Waals surface area contributed by atoms with Gasteiger partial charge in [0.1, 0.15) is 5.60 Å². The van der Waals surface area contributed by atoms with E-state index in [4.69, 9.17) is 14.0 Å². The van der Waals surface area contributed by atoms with Gasteiger partial charge in [-0.15, -0.1) is 0 Å². The lowest BCUT2D eigenvalue weighted by atomic mass is 9.89. The SMILES string of the molecule is CC(C)(C)OC(=O)NCCCC=CB1OC(C)(C)C(C)(C)O1. The van der Waals surface area contributed by atoms with Crippen LogP contribution in [0.4, 0.5) is 4.79 Å². The summed E-state index contributed by atoms with van der Waals surface area (Å²) in [6.07, 6.45) is 3.34. The second-order valence-corrected chi connectivity index (χ2v) is 7.62. The number of allylic oxidation sites excluding steroid dienone is 1. The van der Waals surface area contributed by atoms with E-state index in [1.165, 1.54) is 0 Å². The highest BCUT2D eigenvalue weighted by Crippen LogP contribution is 2.36. The van der Waals surface area contributed by atoms with Crippen LogP contribution in [0.3, 0.4) is 0 Å². The minimum Gasteiger partial charge on any atom is -0.444 e. The predicted molar refractivity (Wildman–Crippen MR) is 88.7 cm³/mol. The van der Waals surface area contributed by atoms with E-state index in [9.17, 15) is 4.79 Å². The fourth-order valence-corrected chi connectivity index (χ4v) is 1.90. The topological polar surface area (TPSA) is 56.8 Å². The van der Waals surface area contributed by atoms with Gasteiger partial charge < -0.3 is 19.4 Å². The van der Waals surface area contributed by atoms with Crippen molar-refractivity contribution < 1.29 is 18.8 Å². The normalized spacial score (nSPS) is 20.4. The molecule has 1 aliphatic heterocycles. The van der Waals surface area contributed by atoms with Crippen molar-refractivity contribution in [3.63, 3.8) is 0 Å². The van der Waals surface area contributed by atoms with Crippen LogP contribution in [0.15, 0.2) is 12.1 Å². The lowest BCUT2D eigenvalue weighted by Crippen LogP contribution is -2.41. The van der Waals surface area contributed by atoms with E-state index < -0.39 is 5.60 Å². The van der Waals surface area contributed by atoms with Crippen LogP contribution in [-0.4, -0.2) is 36.6 Å². The van der Waals surface area contributed by atoms with Gasteiger partial charge in [0.15, 0.2) is 0 Å². The lowest BCUT2D eigenvalue weighted by Gasteiger charge is -2.32. The van der Waals surface area contributed by atoms with Crippen molar-refractivity contribution in [2.75, 3.05) is 6.54 Å². The molecule has 5 nitrogen and oxygen atoms in total. The third-order valence-corrected chi connectivity index (χ3v) is 3.78. The standard InChI is InChI=1S/C16H30BNO4/c1-14(2,3)20-13(19)18-12-10-8-9-11-17-21-15(4,5)16(6,7)22-17/h9,11H,8,10,12H2,1-7H3,(H,18,19). The third kappa shape index (κ3) is 6.01. The zero-order valence-electron chi connectivity index (χ0n) is 15.0. The summed E-state index contributed by atoms with van der Waals surface area (Å²) in [5.74, 6) is 1.93. The molecule has 0 aromatic heterocycles. The van der Waals surface area contributed by atoms with E-state index in [0.29, 0.717) is 6.54 Å². The van der Waals surface area contributed by atoms with Crippen LogP contribution in [0.5, 0.6) is 0 Å². The quantitative estimate of drug-likeness (QED) is 0.624. The van der Waals surface area contributed by atoms with E-state index in [-0.39, 0.29) is 24.4 Å². The van der Waals surface area contributed by atoms with Crippen LogP contribution < -0.4 is 5.32 Å². The summed E-state index contributed by atoms with van der Waals surface area (Å²) in [4.78, 5) is 11.5. The number of carbonyl (C=O) groups is 1. The molecule has 1 rings (SSSR count). The van der Waals surface area contributed by atoms with Gasteiger partial charge in [-0.25, -0.2) is 4.79 Å². The molecular weight excluding hydrogens is 281 g/mol. The van der Waals surface area contributed by atoms with Crippen molar-refractivity contribution in [2.45, 2.75) is 78.1 Å². The van der Waals surface area contributed by atoms with Crippen molar-refractivity contribution in [3.05, 3.63) is 12.1 Å². The summed E-state index contributed by atoms with van der Waals surface area (Å²) in [5, 5.41) is 2.74. The first-order valence-electron chi connectivity index (χ1n) is 7.92. The fraction of sp³-hybridized carbons (Fsp3) is 0.812. The molecule has 1 fully saturated rings. The van der Waals surface area contributed by atoms with Gasteiger partial charge in [-0.2, -0.15) is 0 Å². The third-order valence-electron chi connectivity index (χ3n) is 3.78. The molecule has 0 saturated carbocycles. The Bertz CT molecular complexity index is 397.